The van der Waals surface area contributed by atoms with E-state index in [0.717, 1.165) is 0 Å². The Labute approximate surface area is 105 Å². The number of ether oxygens (including phenoxy) is 2. The van der Waals surface area contributed by atoms with E-state index in [0.29, 0.717) is 5.75 Å². The van der Waals surface area contributed by atoms with Crippen molar-refractivity contribution in [2.24, 2.45) is 0 Å². The molecule has 0 saturated carbocycles. The second-order valence-corrected chi connectivity index (χ2v) is 3.52. The zero-order valence-electron chi connectivity index (χ0n) is 10.0. The van der Waals surface area contributed by atoms with Crippen molar-refractivity contribution in [1.82, 2.24) is 0 Å². The number of carbonyl (C=O) groups excluding carboxylic acids is 1. The van der Waals surface area contributed by atoms with Gasteiger partial charge in [-0.25, -0.2) is 4.39 Å². The molecular weight excluding hydrogens is 239 g/mol. The molecular formula is C13H15FO4. The normalized spacial score (nSPS) is 12.4. The fourth-order valence-electron chi connectivity index (χ4n) is 1.26. The van der Waals surface area contributed by atoms with Crippen LogP contribution in [0.2, 0.25) is 0 Å². The van der Waals surface area contributed by atoms with Gasteiger partial charge in [-0.1, -0.05) is 6.08 Å². The van der Waals surface area contributed by atoms with E-state index >= 15 is 0 Å². The predicted molar refractivity (Wildman–Crippen MR) is 63.7 cm³/mol. The monoisotopic (exact) mass is 254 g/mol. The number of aliphatic hydroxyl groups excluding tert-OH is 1. The van der Waals surface area contributed by atoms with E-state index in [1.54, 1.807) is 0 Å². The lowest BCUT2D eigenvalue weighted by Crippen LogP contribution is -2.22. The molecule has 5 heteroatoms. The molecule has 0 aliphatic heterocycles. The van der Waals surface area contributed by atoms with E-state index in [-0.39, 0.29) is 19.0 Å². The molecule has 0 saturated heterocycles. The lowest BCUT2D eigenvalue weighted by atomic mass is 10.3. The predicted octanol–water partition coefficient (Wildman–Crippen LogP) is 1.68. The van der Waals surface area contributed by atoms with Gasteiger partial charge in [0.05, 0.1) is 6.61 Å². The van der Waals surface area contributed by atoms with Crippen LogP contribution in [0.15, 0.2) is 36.4 Å². The van der Waals surface area contributed by atoms with Crippen molar-refractivity contribution in [3.63, 3.8) is 0 Å². The van der Waals surface area contributed by atoms with Crippen LogP contribution in [-0.2, 0) is 9.53 Å². The summed E-state index contributed by atoms with van der Waals surface area (Å²) in [6.07, 6.45) is 2.41. The van der Waals surface area contributed by atoms with E-state index in [1.165, 1.54) is 43.3 Å². The lowest BCUT2D eigenvalue weighted by molar-refractivity contribution is -0.145. The molecule has 0 radical (unpaired) electrons. The average molecular weight is 254 g/mol. The smallest absolute Gasteiger partial charge is 0.303 e. The molecule has 0 aliphatic rings. The number of esters is 1. The molecule has 0 aromatic heterocycles. The summed E-state index contributed by atoms with van der Waals surface area (Å²) < 4.78 is 23.0. The fourth-order valence-corrected chi connectivity index (χ4v) is 1.26. The molecule has 0 aliphatic carbocycles. The van der Waals surface area contributed by atoms with Gasteiger partial charge in [-0.15, -0.1) is 0 Å². The van der Waals surface area contributed by atoms with Crippen LogP contribution >= 0.6 is 0 Å². The summed E-state index contributed by atoms with van der Waals surface area (Å²) in [7, 11) is 0. The number of aliphatic hydroxyl groups is 1. The van der Waals surface area contributed by atoms with Crippen molar-refractivity contribution < 1.29 is 23.8 Å². The van der Waals surface area contributed by atoms with Crippen LogP contribution in [0.1, 0.15) is 6.92 Å². The molecule has 1 rings (SSSR count). The molecule has 0 amide bonds. The molecule has 98 valence electrons. The third-order valence-corrected chi connectivity index (χ3v) is 2.00. The molecule has 0 fully saturated rings. The van der Waals surface area contributed by atoms with Gasteiger partial charge in [0.25, 0.3) is 0 Å². The molecule has 4 nitrogen and oxygen atoms in total. The zero-order valence-corrected chi connectivity index (χ0v) is 10.0. The van der Waals surface area contributed by atoms with Gasteiger partial charge in [0, 0.05) is 6.92 Å². The standard InChI is InChI=1S/C13H15FO4/c1-10(16)18-13(3-2-8-15)9-17-12-6-4-11(14)5-7-12/h2-7,13,15H,8-9H2,1H3. The van der Waals surface area contributed by atoms with Crippen LogP contribution in [0.3, 0.4) is 0 Å². The Bertz CT molecular complexity index is 400. The van der Waals surface area contributed by atoms with E-state index in [2.05, 4.69) is 0 Å². The molecule has 1 aromatic carbocycles. The van der Waals surface area contributed by atoms with Crippen LogP contribution in [0.25, 0.3) is 0 Å². The minimum absolute atomic E-state index is 0.0989. The molecule has 1 aromatic rings. The highest BCUT2D eigenvalue weighted by Gasteiger charge is 2.09. The van der Waals surface area contributed by atoms with Crippen LogP contribution in [0.5, 0.6) is 5.75 Å². The summed E-state index contributed by atoms with van der Waals surface area (Å²) in [5.41, 5.74) is 0. The maximum absolute atomic E-state index is 12.7. The van der Waals surface area contributed by atoms with Gasteiger partial charge in [0.15, 0.2) is 6.10 Å². The van der Waals surface area contributed by atoms with Gasteiger partial charge < -0.3 is 14.6 Å². The molecule has 1 atom stereocenters. The Hall–Kier alpha value is -1.88. The fraction of sp³-hybridized carbons (Fsp3) is 0.308. The quantitative estimate of drug-likeness (QED) is 0.620. The molecule has 1 unspecified atom stereocenters. The van der Waals surface area contributed by atoms with Gasteiger partial charge >= 0.3 is 5.97 Å². The van der Waals surface area contributed by atoms with Gasteiger partial charge in [-0.2, -0.15) is 0 Å². The first-order valence-corrected chi connectivity index (χ1v) is 5.45. The van der Waals surface area contributed by atoms with Crippen molar-refractivity contribution in [3.8, 4) is 5.75 Å². The maximum atomic E-state index is 12.7. The van der Waals surface area contributed by atoms with E-state index in [1.807, 2.05) is 0 Å². The topological polar surface area (TPSA) is 55.8 Å². The van der Waals surface area contributed by atoms with Crippen molar-refractivity contribution in [3.05, 3.63) is 42.2 Å². The second kappa shape index (κ2) is 7.45. The number of hydrogen-bond acceptors (Lipinski definition) is 4. The number of halogens is 1. The molecule has 0 bridgehead atoms. The van der Waals surface area contributed by atoms with Crippen molar-refractivity contribution in [1.29, 1.82) is 0 Å². The Morgan fingerprint density at radius 2 is 2.11 bits per heavy atom. The Morgan fingerprint density at radius 3 is 2.67 bits per heavy atom. The lowest BCUT2D eigenvalue weighted by Gasteiger charge is -2.14. The number of rotatable bonds is 6. The minimum atomic E-state index is -0.584. The summed E-state index contributed by atoms with van der Waals surface area (Å²) >= 11 is 0. The molecule has 0 spiro atoms. The number of carbonyl (C=O) groups is 1. The van der Waals surface area contributed by atoms with Crippen molar-refractivity contribution in [2.75, 3.05) is 13.2 Å². The first-order chi connectivity index (χ1) is 8.61. The van der Waals surface area contributed by atoms with E-state index in [9.17, 15) is 9.18 Å². The summed E-state index contributed by atoms with van der Waals surface area (Å²) in [6.45, 7) is 1.24. The van der Waals surface area contributed by atoms with Crippen LogP contribution in [0.4, 0.5) is 4.39 Å². The largest absolute Gasteiger partial charge is 0.489 e. The summed E-state index contributed by atoms with van der Waals surface area (Å²) in [6, 6.07) is 5.52. The van der Waals surface area contributed by atoms with Crippen LogP contribution < -0.4 is 4.74 Å². The van der Waals surface area contributed by atoms with Crippen LogP contribution in [0, 0.1) is 5.82 Å². The van der Waals surface area contributed by atoms with Crippen molar-refractivity contribution in [2.45, 2.75) is 13.0 Å². The Balaban J connectivity index is 2.52. The first kappa shape index (κ1) is 14.2. The second-order valence-electron chi connectivity index (χ2n) is 3.52. The maximum Gasteiger partial charge on any atom is 0.303 e. The third-order valence-electron chi connectivity index (χ3n) is 2.00. The van der Waals surface area contributed by atoms with E-state index in [4.69, 9.17) is 14.6 Å². The first-order valence-electron chi connectivity index (χ1n) is 5.45. The third kappa shape index (κ3) is 5.45. The molecule has 18 heavy (non-hydrogen) atoms. The molecule has 0 heterocycles. The highest BCUT2D eigenvalue weighted by Crippen LogP contribution is 2.12. The highest BCUT2D eigenvalue weighted by molar-refractivity contribution is 5.66. The minimum Gasteiger partial charge on any atom is -0.489 e. The SMILES string of the molecule is CC(=O)OC(C=CCO)COc1ccc(F)cc1. The summed E-state index contributed by atoms with van der Waals surface area (Å²) in [5, 5.41) is 8.66. The van der Waals surface area contributed by atoms with E-state index < -0.39 is 12.1 Å². The van der Waals surface area contributed by atoms with Crippen LogP contribution in [-0.4, -0.2) is 30.4 Å². The highest BCUT2D eigenvalue weighted by atomic mass is 19.1. The Kier molecular flexibility index (Phi) is 5.87. The van der Waals surface area contributed by atoms with Gasteiger partial charge in [0.1, 0.15) is 18.2 Å². The van der Waals surface area contributed by atoms with Crippen molar-refractivity contribution >= 4 is 5.97 Å². The number of benzene rings is 1. The number of hydrogen-bond donors (Lipinski definition) is 1. The Morgan fingerprint density at radius 1 is 1.44 bits per heavy atom. The van der Waals surface area contributed by atoms with Gasteiger partial charge in [0.2, 0.25) is 0 Å². The summed E-state index contributed by atoms with van der Waals surface area (Å²) in [4.78, 5) is 10.8. The average Bonchev–Trinajstić information content (AvgIpc) is 2.34. The van der Waals surface area contributed by atoms with Gasteiger partial charge in [-0.05, 0) is 30.3 Å². The van der Waals surface area contributed by atoms with Gasteiger partial charge in [-0.3, -0.25) is 4.79 Å². The summed E-state index contributed by atoms with van der Waals surface area (Å²) in [5.74, 6) is -0.310. The molecule has 1 N–H and O–H groups in total. The zero-order chi connectivity index (χ0) is 13.4.